The topological polar surface area (TPSA) is 60.9 Å². The van der Waals surface area contributed by atoms with Gasteiger partial charge in [-0.05, 0) is 43.5 Å². The number of hydrogen-bond acceptors (Lipinski definition) is 3. The highest BCUT2D eigenvalue weighted by Crippen LogP contribution is 2.26. The number of carbonyl (C=O) groups is 1. The predicted molar refractivity (Wildman–Crippen MR) is 82.2 cm³/mol. The van der Waals surface area contributed by atoms with Gasteiger partial charge in [0.1, 0.15) is 0 Å². The van der Waals surface area contributed by atoms with Crippen molar-refractivity contribution in [2.75, 3.05) is 0 Å². The van der Waals surface area contributed by atoms with Gasteiger partial charge in [-0.15, -0.1) is 0 Å². The molecule has 20 heavy (non-hydrogen) atoms. The highest BCUT2D eigenvalue weighted by Gasteiger charge is 2.18. The number of imidazole rings is 1. The van der Waals surface area contributed by atoms with Crippen LogP contribution in [-0.2, 0) is 4.79 Å². The number of primary amides is 1. The minimum absolute atomic E-state index is 0.248. The number of hydrogen-bond donors (Lipinski definition) is 1. The first kappa shape index (κ1) is 14.7. The molecular weight excluding hydrogens is 270 g/mol. The van der Waals surface area contributed by atoms with E-state index < -0.39 is 0 Å². The van der Waals surface area contributed by atoms with Gasteiger partial charge in [-0.1, -0.05) is 24.8 Å². The molecule has 2 aromatic rings. The number of amides is 1. The summed E-state index contributed by atoms with van der Waals surface area (Å²) in [6.45, 7) is 6.09. The zero-order valence-corrected chi connectivity index (χ0v) is 12.8. The Bertz CT molecular complexity index is 601. The average Bonchev–Trinajstić information content (AvgIpc) is 2.82. The molecule has 0 spiro atoms. The van der Waals surface area contributed by atoms with Crippen LogP contribution in [0.4, 0.5) is 0 Å². The maximum atomic E-state index is 11.4. The van der Waals surface area contributed by atoms with Gasteiger partial charge in [0.25, 0.3) is 0 Å². The molecule has 5 heteroatoms. The standard InChI is InChI=1S/C15H19N3OS/c1-4-13(14(16)19)20-15-17-5-6-18(15)12-8-10(2)7-11(3)9-12/h5-9,13H,4H2,1-3H3,(H2,16,19). The summed E-state index contributed by atoms with van der Waals surface area (Å²) < 4.78 is 2.00. The summed E-state index contributed by atoms with van der Waals surface area (Å²) in [5.74, 6) is -0.299. The molecule has 1 atom stereocenters. The number of thioether (sulfide) groups is 1. The van der Waals surface area contributed by atoms with Gasteiger partial charge in [-0.25, -0.2) is 4.98 Å². The third-order valence-corrected chi connectivity index (χ3v) is 4.39. The maximum absolute atomic E-state index is 11.4. The van der Waals surface area contributed by atoms with Gasteiger partial charge in [-0.3, -0.25) is 9.36 Å². The van der Waals surface area contributed by atoms with Crippen molar-refractivity contribution >= 4 is 17.7 Å². The fourth-order valence-electron chi connectivity index (χ4n) is 2.13. The molecule has 0 aliphatic carbocycles. The molecule has 0 saturated carbocycles. The highest BCUT2D eigenvalue weighted by atomic mass is 32.2. The zero-order valence-electron chi connectivity index (χ0n) is 12.0. The smallest absolute Gasteiger partial charge is 0.231 e. The summed E-state index contributed by atoms with van der Waals surface area (Å²) in [4.78, 5) is 15.7. The van der Waals surface area contributed by atoms with Crippen molar-refractivity contribution in [2.24, 2.45) is 5.73 Å². The fraction of sp³-hybridized carbons (Fsp3) is 0.333. The Hall–Kier alpha value is -1.75. The second-order valence-corrected chi connectivity index (χ2v) is 6.01. The molecule has 1 aromatic heterocycles. The van der Waals surface area contributed by atoms with E-state index in [9.17, 15) is 4.79 Å². The van der Waals surface area contributed by atoms with Crippen molar-refractivity contribution in [1.29, 1.82) is 0 Å². The highest BCUT2D eigenvalue weighted by molar-refractivity contribution is 8.00. The number of aryl methyl sites for hydroxylation is 2. The van der Waals surface area contributed by atoms with E-state index in [0.717, 1.165) is 10.8 Å². The Balaban J connectivity index is 2.35. The van der Waals surface area contributed by atoms with Gasteiger partial charge in [0.15, 0.2) is 5.16 Å². The van der Waals surface area contributed by atoms with Crippen LogP contribution in [-0.4, -0.2) is 20.7 Å². The van der Waals surface area contributed by atoms with Crippen molar-refractivity contribution in [3.05, 3.63) is 41.7 Å². The molecule has 0 aliphatic rings. The largest absolute Gasteiger partial charge is 0.369 e. The Morgan fingerprint density at radius 2 is 2.00 bits per heavy atom. The van der Waals surface area contributed by atoms with E-state index >= 15 is 0 Å². The number of benzene rings is 1. The lowest BCUT2D eigenvalue weighted by molar-refractivity contribution is -0.117. The zero-order chi connectivity index (χ0) is 14.7. The number of carbonyl (C=O) groups excluding carboxylic acids is 1. The summed E-state index contributed by atoms with van der Waals surface area (Å²) in [6.07, 6.45) is 4.34. The van der Waals surface area contributed by atoms with Crippen LogP contribution in [0.1, 0.15) is 24.5 Å². The van der Waals surface area contributed by atoms with Gasteiger partial charge in [0, 0.05) is 18.1 Å². The normalized spacial score (nSPS) is 12.3. The van der Waals surface area contributed by atoms with Crippen LogP contribution in [0.15, 0.2) is 35.7 Å². The van der Waals surface area contributed by atoms with Crippen LogP contribution in [0.3, 0.4) is 0 Å². The molecule has 1 unspecified atom stereocenters. The van der Waals surface area contributed by atoms with E-state index in [0.29, 0.717) is 6.42 Å². The third-order valence-electron chi connectivity index (χ3n) is 3.03. The minimum Gasteiger partial charge on any atom is -0.369 e. The van der Waals surface area contributed by atoms with Crippen LogP contribution in [0.5, 0.6) is 0 Å². The minimum atomic E-state index is -0.299. The number of rotatable bonds is 5. The number of nitrogens with two attached hydrogens (primary N) is 1. The van der Waals surface area contributed by atoms with E-state index in [1.165, 1.54) is 22.9 Å². The lowest BCUT2D eigenvalue weighted by Crippen LogP contribution is -2.25. The first-order valence-corrected chi connectivity index (χ1v) is 7.47. The van der Waals surface area contributed by atoms with Crippen LogP contribution >= 0.6 is 11.8 Å². The molecular formula is C15H19N3OS. The Morgan fingerprint density at radius 1 is 1.35 bits per heavy atom. The Morgan fingerprint density at radius 3 is 2.55 bits per heavy atom. The second-order valence-electron chi connectivity index (χ2n) is 4.84. The van der Waals surface area contributed by atoms with Crippen molar-refractivity contribution < 1.29 is 4.79 Å². The average molecular weight is 289 g/mol. The van der Waals surface area contributed by atoms with Crippen LogP contribution in [0, 0.1) is 13.8 Å². The second kappa shape index (κ2) is 6.13. The molecule has 4 nitrogen and oxygen atoms in total. The van der Waals surface area contributed by atoms with E-state index in [4.69, 9.17) is 5.73 Å². The van der Waals surface area contributed by atoms with E-state index in [-0.39, 0.29) is 11.2 Å². The summed E-state index contributed by atoms with van der Waals surface area (Å²) in [5, 5.41) is 0.544. The molecule has 0 saturated heterocycles. The molecule has 1 heterocycles. The quantitative estimate of drug-likeness (QED) is 0.861. The first-order chi connectivity index (χ1) is 9.51. The van der Waals surface area contributed by atoms with Crippen molar-refractivity contribution in [3.8, 4) is 5.69 Å². The number of aromatic nitrogens is 2. The monoisotopic (exact) mass is 289 g/mol. The first-order valence-electron chi connectivity index (χ1n) is 6.59. The lowest BCUT2D eigenvalue weighted by atomic mass is 10.1. The SMILES string of the molecule is CCC(Sc1nccn1-c1cc(C)cc(C)c1)C(N)=O. The number of nitrogens with zero attached hydrogens (tertiary/aromatic N) is 2. The van der Waals surface area contributed by atoms with Crippen LogP contribution in [0.25, 0.3) is 5.69 Å². The van der Waals surface area contributed by atoms with Crippen molar-refractivity contribution in [3.63, 3.8) is 0 Å². The molecule has 1 aromatic carbocycles. The molecule has 1 amide bonds. The van der Waals surface area contributed by atoms with Crippen molar-refractivity contribution in [2.45, 2.75) is 37.6 Å². The van der Waals surface area contributed by atoms with Crippen LogP contribution < -0.4 is 5.73 Å². The molecule has 0 bridgehead atoms. The summed E-state index contributed by atoms with van der Waals surface area (Å²) in [6, 6.07) is 6.33. The van der Waals surface area contributed by atoms with Gasteiger partial charge < -0.3 is 5.73 Å². The van der Waals surface area contributed by atoms with Crippen molar-refractivity contribution in [1.82, 2.24) is 9.55 Å². The van der Waals surface area contributed by atoms with E-state index in [1.807, 2.05) is 17.7 Å². The molecule has 106 valence electrons. The molecule has 0 radical (unpaired) electrons. The Labute approximate surface area is 123 Å². The maximum Gasteiger partial charge on any atom is 0.231 e. The van der Waals surface area contributed by atoms with E-state index in [1.54, 1.807) is 6.20 Å². The molecule has 2 rings (SSSR count). The third kappa shape index (κ3) is 3.22. The van der Waals surface area contributed by atoms with Gasteiger partial charge in [0.2, 0.25) is 5.91 Å². The lowest BCUT2D eigenvalue weighted by Gasteiger charge is -2.13. The van der Waals surface area contributed by atoms with Crippen LogP contribution in [0.2, 0.25) is 0 Å². The fourth-order valence-corrected chi connectivity index (χ4v) is 3.07. The summed E-state index contributed by atoms with van der Waals surface area (Å²) >= 11 is 1.41. The summed E-state index contributed by atoms with van der Waals surface area (Å²) in [7, 11) is 0. The molecule has 0 fully saturated rings. The molecule has 0 aliphatic heterocycles. The molecule has 2 N–H and O–H groups in total. The van der Waals surface area contributed by atoms with Gasteiger partial charge in [-0.2, -0.15) is 0 Å². The van der Waals surface area contributed by atoms with Gasteiger partial charge >= 0.3 is 0 Å². The van der Waals surface area contributed by atoms with Gasteiger partial charge in [0.05, 0.1) is 5.25 Å². The summed E-state index contributed by atoms with van der Waals surface area (Å²) in [5.41, 5.74) is 8.86. The Kier molecular flexibility index (Phi) is 4.49. The van der Waals surface area contributed by atoms with E-state index in [2.05, 4.69) is 37.0 Å². The predicted octanol–water partition coefficient (Wildman–Crippen LogP) is 2.85.